The predicted molar refractivity (Wildman–Crippen MR) is 89.7 cm³/mol. The topological polar surface area (TPSA) is 46.6 Å². The van der Waals surface area contributed by atoms with Gasteiger partial charge >= 0.3 is 0 Å². The van der Waals surface area contributed by atoms with Gasteiger partial charge in [-0.15, -0.1) is 29.9 Å². The van der Waals surface area contributed by atoms with E-state index in [4.69, 9.17) is 10.8 Å². The maximum atomic E-state index is 6.34. The van der Waals surface area contributed by atoms with Crippen LogP contribution in [0.3, 0.4) is 0 Å². The number of nitrogens with two attached hydrogens (primary N) is 1. The van der Waals surface area contributed by atoms with Gasteiger partial charge in [0.1, 0.15) is 5.69 Å². The Bertz CT molecular complexity index is 588. The van der Waals surface area contributed by atoms with E-state index in [1.165, 1.54) is 18.4 Å². The van der Waals surface area contributed by atoms with Gasteiger partial charge in [-0.3, -0.25) is 0 Å². The van der Waals surface area contributed by atoms with Crippen LogP contribution in [0.5, 0.6) is 0 Å². The molecule has 6 heteroatoms. The van der Waals surface area contributed by atoms with Gasteiger partial charge in [-0.1, -0.05) is 13.0 Å². The highest BCUT2D eigenvalue weighted by Crippen LogP contribution is 2.31. The molecule has 0 aliphatic carbocycles. The Kier molecular flexibility index (Phi) is 5.54. The van der Waals surface area contributed by atoms with E-state index >= 15 is 0 Å². The minimum atomic E-state index is 0. The van der Waals surface area contributed by atoms with E-state index in [1.54, 1.807) is 0 Å². The molecular weight excluding hydrogens is 295 g/mol. The van der Waals surface area contributed by atoms with E-state index in [-0.39, 0.29) is 24.8 Å². The van der Waals surface area contributed by atoms with Crippen molar-refractivity contribution in [1.82, 2.24) is 9.61 Å². The molecule has 20 heavy (non-hydrogen) atoms. The summed E-state index contributed by atoms with van der Waals surface area (Å²) >= 11 is 0. The minimum Gasteiger partial charge on any atom is -0.394 e. The molecule has 1 aliphatic heterocycles. The molecule has 1 saturated heterocycles. The number of halogens is 2. The molecule has 4 nitrogen and oxygen atoms in total. The van der Waals surface area contributed by atoms with Crippen molar-refractivity contribution in [3.8, 4) is 0 Å². The molecule has 0 unspecified atom stereocenters. The largest absolute Gasteiger partial charge is 0.394 e. The number of aromatic nitrogens is 2. The molecule has 2 aromatic heterocycles. The third-order valence-electron chi connectivity index (χ3n) is 3.85. The van der Waals surface area contributed by atoms with Crippen LogP contribution in [0, 0.1) is 6.92 Å². The summed E-state index contributed by atoms with van der Waals surface area (Å²) in [5, 5.41) is 4.72. The summed E-state index contributed by atoms with van der Waals surface area (Å²) in [5.74, 6) is 0.969. The molecular formula is C14H22Cl2N4. The summed E-state index contributed by atoms with van der Waals surface area (Å²) in [6.07, 6.45) is 3.47. The summed E-state index contributed by atoms with van der Waals surface area (Å²) in [7, 11) is 0. The van der Waals surface area contributed by atoms with E-state index in [2.05, 4.69) is 30.9 Å². The van der Waals surface area contributed by atoms with Crippen molar-refractivity contribution < 1.29 is 0 Å². The molecule has 2 N–H and O–H groups in total. The van der Waals surface area contributed by atoms with Gasteiger partial charge in [0.2, 0.25) is 0 Å². The maximum Gasteiger partial charge on any atom is 0.174 e. The SMILES string of the molecule is CCc1ccc(C)n2nc(N3CCCC3)c(N)c12.Cl.Cl. The molecule has 2 aromatic rings. The highest BCUT2D eigenvalue weighted by molar-refractivity contribution is 5.86. The fraction of sp³-hybridized carbons (Fsp3) is 0.500. The van der Waals surface area contributed by atoms with Crippen molar-refractivity contribution in [3.63, 3.8) is 0 Å². The number of anilines is 2. The van der Waals surface area contributed by atoms with Gasteiger partial charge in [0.25, 0.3) is 0 Å². The van der Waals surface area contributed by atoms with E-state index in [0.29, 0.717) is 0 Å². The van der Waals surface area contributed by atoms with E-state index in [9.17, 15) is 0 Å². The van der Waals surface area contributed by atoms with Crippen molar-refractivity contribution in [1.29, 1.82) is 0 Å². The van der Waals surface area contributed by atoms with Crippen LogP contribution in [0.25, 0.3) is 5.52 Å². The van der Waals surface area contributed by atoms with Crippen molar-refractivity contribution in [3.05, 3.63) is 23.4 Å². The van der Waals surface area contributed by atoms with E-state index < -0.39 is 0 Å². The highest BCUT2D eigenvalue weighted by atomic mass is 35.5. The van der Waals surface area contributed by atoms with Crippen molar-refractivity contribution in [2.45, 2.75) is 33.1 Å². The molecule has 0 bridgehead atoms. The van der Waals surface area contributed by atoms with Gasteiger partial charge < -0.3 is 10.6 Å². The molecule has 3 heterocycles. The second kappa shape index (κ2) is 6.55. The van der Waals surface area contributed by atoms with Gasteiger partial charge in [0.15, 0.2) is 5.82 Å². The Balaban J connectivity index is 0.000001000. The normalized spacial score (nSPS) is 14.2. The van der Waals surface area contributed by atoms with E-state index in [1.807, 2.05) is 4.52 Å². The zero-order chi connectivity index (χ0) is 12.7. The van der Waals surface area contributed by atoms with Crippen LogP contribution in [0.15, 0.2) is 12.1 Å². The monoisotopic (exact) mass is 316 g/mol. The number of hydrogen-bond acceptors (Lipinski definition) is 3. The van der Waals surface area contributed by atoms with Crippen LogP contribution in [-0.4, -0.2) is 22.7 Å². The lowest BCUT2D eigenvalue weighted by molar-refractivity contribution is 0.860. The average Bonchev–Trinajstić information content (AvgIpc) is 2.99. The second-order valence-corrected chi connectivity index (χ2v) is 5.05. The summed E-state index contributed by atoms with van der Waals surface area (Å²) in [6.45, 7) is 6.39. The lowest BCUT2D eigenvalue weighted by atomic mass is 10.1. The smallest absolute Gasteiger partial charge is 0.174 e. The summed E-state index contributed by atoms with van der Waals surface area (Å²) in [4.78, 5) is 2.31. The van der Waals surface area contributed by atoms with Gasteiger partial charge in [0, 0.05) is 18.8 Å². The number of rotatable bonds is 2. The molecule has 0 atom stereocenters. The van der Waals surface area contributed by atoms with Crippen molar-refractivity contribution >= 4 is 41.8 Å². The Labute approximate surface area is 132 Å². The van der Waals surface area contributed by atoms with Crippen LogP contribution in [0.4, 0.5) is 11.5 Å². The fourth-order valence-corrected chi connectivity index (χ4v) is 2.80. The van der Waals surface area contributed by atoms with Gasteiger partial charge in [0.05, 0.1) is 5.52 Å². The molecule has 0 aromatic carbocycles. The second-order valence-electron chi connectivity index (χ2n) is 5.05. The number of fused-ring (bicyclic) bond motifs is 1. The van der Waals surface area contributed by atoms with Crippen LogP contribution in [0.2, 0.25) is 0 Å². The Morgan fingerprint density at radius 1 is 1.20 bits per heavy atom. The summed E-state index contributed by atoms with van der Waals surface area (Å²) in [6, 6.07) is 4.28. The first-order valence-electron chi connectivity index (χ1n) is 6.74. The summed E-state index contributed by atoms with van der Waals surface area (Å²) in [5.41, 5.74) is 10.7. The van der Waals surface area contributed by atoms with Crippen molar-refractivity contribution in [2.75, 3.05) is 23.7 Å². The Morgan fingerprint density at radius 3 is 2.45 bits per heavy atom. The molecule has 0 amide bonds. The fourth-order valence-electron chi connectivity index (χ4n) is 2.80. The third kappa shape index (κ3) is 2.54. The third-order valence-corrected chi connectivity index (χ3v) is 3.85. The molecule has 1 fully saturated rings. The van der Waals surface area contributed by atoms with Gasteiger partial charge in [-0.25, -0.2) is 4.52 Å². The molecule has 0 spiro atoms. The van der Waals surface area contributed by atoms with Crippen molar-refractivity contribution in [2.24, 2.45) is 0 Å². The molecule has 3 rings (SSSR count). The first-order chi connectivity index (χ1) is 8.72. The molecule has 112 valence electrons. The zero-order valence-corrected chi connectivity index (χ0v) is 13.6. The Hall–Kier alpha value is -1.13. The number of nitrogen functional groups attached to an aromatic ring is 1. The first kappa shape index (κ1) is 16.9. The minimum absolute atomic E-state index is 0. The molecule has 0 radical (unpaired) electrons. The average molecular weight is 317 g/mol. The highest BCUT2D eigenvalue weighted by Gasteiger charge is 2.21. The predicted octanol–water partition coefficient (Wildman–Crippen LogP) is 3.23. The Morgan fingerprint density at radius 2 is 1.85 bits per heavy atom. The molecule has 1 aliphatic rings. The van der Waals surface area contributed by atoms with Crippen LogP contribution < -0.4 is 10.6 Å². The standard InChI is InChI=1S/C14H20N4.2ClH/c1-3-11-7-6-10(2)18-13(11)12(15)14(16-18)17-8-4-5-9-17;;/h6-7H,3-5,8-9,15H2,1-2H3;2*1H. The maximum absolute atomic E-state index is 6.34. The number of pyridine rings is 1. The molecule has 0 saturated carbocycles. The van der Waals surface area contributed by atoms with Gasteiger partial charge in [-0.2, -0.15) is 0 Å². The number of hydrogen-bond donors (Lipinski definition) is 1. The van der Waals surface area contributed by atoms with Gasteiger partial charge in [-0.05, 0) is 37.8 Å². The zero-order valence-electron chi connectivity index (χ0n) is 11.9. The lowest BCUT2D eigenvalue weighted by Gasteiger charge is -2.14. The van der Waals surface area contributed by atoms with Crippen LogP contribution in [0.1, 0.15) is 31.0 Å². The number of nitrogens with zero attached hydrogens (tertiary/aromatic N) is 3. The van der Waals surface area contributed by atoms with Crippen LogP contribution >= 0.6 is 24.8 Å². The lowest BCUT2D eigenvalue weighted by Crippen LogP contribution is -2.19. The van der Waals surface area contributed by atoms with E-state index in [0.717, 1.165) is 42.2 Å². The number of aryl methyl sites for hydroxylation is 2. The summed E-state index contributed by atoms with van der Waals surface area (Å²) < 4.78 is 2.00. The van der Waals surface area contributed by atoms with Crippen LogP contribution in [-0.2, 0) is 6.42 Å². The first-order valence-corrected chi connectivity index (χ1v) is 6.74. The quantitative estimate of drug-likeness (QED) is 0.925.